The van der Waals surface area contributed by atoms with Gasteiger partial charge < -0.3 is 9.52 Å². The number of carbonyl (C=O) groups is 1. The van der Waals surface area contributed by atoms with Crippen LogP contribution in [0.1, 0.15) is 21.5 Å². The van der Waals surface area contributed by atoms with Gasteiger partial charge in [-0.25, -0.2) is 9.78 Å². The molecule has 26 heavy (non-hydrogen) atoms. The Kier molecular flexibility index (Phi) is 4.07. The molecule has 0 saturated carbocycles. The number of fused-ring (bicyclic) bond motifs is 1. The normalized spacial score (nSPS) is 11.2. The van der Waals surface area contributed by atoms with Crippen LogP contribution in [-0.2, 0) is 0 Å². The summed E-state index contributed by atoms with van der Waals surface area (Å²) in [6.07, 6.45) is 3.69. The minimum absolute atomic E-state index is 0.284. The largest absolute Gasteiger partial charge is 0.478 e. The quantitative estimate of drug-likeness (QED) is 0.507. The van der Waals surface area contributed by atoms with Crippen molar-refractivity contribution in [3.63, 3.8) is 0 Å². The second kappa shape index (κ2) is 6.69. The monoisotopic (exact) mass is 341 g/mol. The Morgan fingerprint density at radius 1 is 0.885 bits per heavy atom. The van der Waals surface area contributed by atoms with Crippen molar-refractivity contribution in [3.8, 4) is 11.5 Å². The molecular formula is C22H15NO3. The molecule has 0 amide bonds. The van der Waals surface area contributed by atoms with E-state index in [1.807, 2.05) is 60.7 Å². The first-order valence-corrected chi connectivity index (χ1v) is 8.17. The maximum absolute atomic E-state index is 11.3. The smallest absolute Gasteiger partial charge is 0.336 e. The van der Waals surface area contributed by atoms with Gasteiger partial charge in [0.2, 0.25) is 5.89 Å². The topological polar surface area (TPSA) is 63.3 Å². The van der Waals surface area contributed by atoms with E-state index in [2.05, 4.69) is 4.98 Å². The van der Waals surface area contributed by atoms with E-state index >= 15 is 0 Å². The lowest BCUT2D eigenvalue weighted by Crippen LogP contribution is -1.98. The summed E-state index contributed by atoms with van der Waals surface area (Å²) in [6, 6.07) is 22.3. The van der Waals surface area contributed by atoms with E-state index in [0.717, 1.165) is 22.2 Å². The second-order valence-electron chi connectivity index (χ2n) is 5.83. The number of hydrogen-bond acceptors (Lipinski definition) is 3. The van der Waals surface area contributed by atoms with Crippen molar-refractivity contribution in [2.24, 2.45) is 0 Å². The van der Waals surface area contributed by atoms with E-state index in [1.165, 1.54) is 0 Å². The first-order chi connectivity index (χ1) is 12.7. The third-order valence-electron chi connectivity index (χ3n) is 4.10. The fraction of sp³-hybridized carbons (Fsp3) is 0. The standard InChI is InChI=1S/C22H15NO3/c24-22(25)18-6-2-1-5-16(18)12-9-15-10-13-17(14-11-15)21-23-19-7-3-4-8-20(19)26-21/h1-14H,(H,24,25). The van der Waals surface area contributed by atoms with Crippen molar-refractivity contribution in [3.05, 3.63) is 89.5 Å². The first-order valence-electron chi connectivity index (χ1n) is 8.17. The maximum Gasteiger partial charge on any atom is 0.336 e. The SMILES string of the molecule is O=C(O)c1ccccc1C=Cc1ccc(-c2nc3ccccc3o2)cc1. The maximum atomic E-state index is 11.3. The zero-order chi connectivity index (χ0) is 17.9. The molecule has 0 atom stereocenters. The molecule has 4 nitrogen and oxygen atoms in total. The Hall–Kier alpha value is -3.66. The molecule has 0 aliphatic heterocycles. The lowest BCUT2D eigenvalue weighted by Gasteiger charge is -2.01. The van der Waals surface area contributed by atoms with Crippen LogP contribution in [0.5, 0.6) is 0 Å². The summed E-state index contributed by atoms with van der Waals surface area (Å²) in [5, 5.41) is 9.23. The molecule has 1 aromatic heterocycles. The highest BCUT2D eigenvalue weighted by atomic mass is 16.4. The van der Waals surface area contributed by atoms with Crippen molar-refractivity contribution < 1.29 is 14.3 Å². The lowest BCUT2D eigenvalue weighted by molar-refractivity contribution is 0.0696. The van der Waals surface area contributed by atoms with Gasteiger partial charge >= 0.3 is 5.97 Å². The van der Waals surface area contributed by atoms with E-state index in [0.29, 0.717) is 11.5 Å². The molecule has 0 aliphatic carbocycles. The summed E-state index contributed by atoms with van der Waals surface area (Å²) in [5.41, 5.74) is 4.40. The van der Waals surface area contributed by atoms with E-state index in [1.54, 1.807) is 24.3 Å². The van der Waals surface area contributed by atoms with Gasteiger partial charge in [0.1, 0.15) is 5.52 Å². The number of para-hydroxylation sites is 2. The van der Waals surface area contributed by atoms with Crippen LogP contribution in [-0.4, -0.2) is 16.1 Å². The van der Waals surface area contributed by atoms with Crippen LogP contribution in [0.25, 0.3) is 34.7 Å². The number of hydrogen-bond donors (Lipinski definition) is 1. The van der Waals surface area contributed by atoms with Gasteiger partial charge in [-0.1, -0.05) is 54.6 Å². The summed E-state index contributed by atoms with van der Waals surface area (Å²) in [7, 11) is 0. The molecule has 3 aromatic carbocycles. The van der Waals surface area contributed by atoms with Crippen LogP contribution in [0, 0.1) is 0 Å². The molecule has 4 aromatic rings. The predicted molar refractivity (Wildman–Crippen MR) is 102 cm³/mol. The van der Waals surface area contributed by atoms with Crippen molar-refractivity contribution in [1.82, 2.24) is 4.98 Å². The third-order valence-corrected chi connectivity index (χ3v) is 4.10. The fourth-order valence-corrected chi connectivity index (χ4v) is 2.76. The van der Waals surface area contributed by atoms with Crippen molar-refractivity contribution in [1.29, 1.82) is 0 Å². The zero-order valence-corrected chi connectivity index (χ0v) is 13.8. The van der Waals surface area contributed by atoms with Crippen LogP contribution in [0.15, 0.2) is 77.2 Å². The van der Waals surface area contributed by atoms with Gasteiger partial charge in [0.25, 0.3) is 0 Å². The predicted octanol–water partition coefficient (Wildman–Crippen LogP) is 5.36. The number of carboxylic acids is 1. The molecule has 0 bridgehead atoms. The molecule has 1 heterocycles. The molecule has 4 heteroatoms. The Labute approximate surface area is 150 Å². The molecule has 1 N–H and O–H groups in total. The Morgan fingerprint density at radius 2 is 1.62 bits per heavy atom. The number of carboxylic acid groups (broad SMARTS) is 1. The van der Waals surface area contributed by atoms with Gasteiger partial charge in [-0.05, 0) is 41.5 Å². The van der Waals surface area contributed by atoms with Crippen molar-refractivity contribution in [2.75, 3.05) is 0 Å². The number of aromatic nitrogens is 1. The van der Waals surface area contributed by atoms with Gasteiger partial charge in [0, 0.05) is 5.56 Å². The van der Waals surface area contributed by atoms with Gasteiger partial charge in [0.05, 0.1) is 5.56 Å². The third kappa shape index (κ3) is 3.13. The van der Waals surface area contributed by atoms with Gasteiger partial charge in [-0.15, -0.1) is 0 Å². The number of rotatable bonds is 4. The van der Waals surface area contributed by atoms with Crippen molar-refractivity contribution >= 4 is 29.2 Å². The minimum Gasteiger partial charge on any atom is -0.478 e. The van der Waals surface area contributed by atoms with Crippen LogP contribution >= 0.6 is 0 Å². The van der Waals surface area contributed by atoms with Gasteiger partial charge in [-0.2, -0.15) is 0 Å². The second-order valence-corrected chi connectivity index (χ2v) is 5.83. The number of aromatic carboxylic acids is 1. The Balaban J connectivity index is 1.59. The summed E-state index contributed by atoms with van der Waals surface area (Å²) in [5.74, 6) is -0.352. The highest BCUT2D eigenvalue weighted by Gasteiger charge is 2.08. The summed E-state index contributed by atoms with van der Waals surface area (Å²) in [4.78, 5) is 15.7. The molecule has 0 fully saturated rings. The highest BCUT2D eigenvalue weighted by molar-refractivity contribution is 5.93. The average molecular weight is 341 g/mol. The Bertz CT molecular complexity index is 1070. The molecule has 0 radical (unpaired) electrons. The number of oxazole rings is 1. The summed E-state index contributed by atoms with van der Waals surface area (Å²) in [6.45, 7) is 0. The van der Waals surface area contributed by atoms with Gasteiger partial charge in [0.15, 0.2) is 5.58 Å². The zero-order valence-electron chi connectivity index (χ0n) is 13.8. The van der Waals surface area contributed by atoms with E-state index in [9.17, 15) is 9.90 Å². The molecule has 0 aliphatic rings. The van der Waals surface area contributed by atoms with E-state index < -0.39 is 5.97 Å². The molecule has 0 spiro atoms. The minimum atomic E-state index is -0.934. The summed E-state index contributed by atoms with van der Waals surface area (Å²) >= 11 is 0. The molecule has 0 saturated heterocycles. The van der Waals surface area contributed by atoms with Gasteiger partial charge in [-0.3, -0.25) is 0 Å². The number of nitrogens with zero attached hydrogens (tertiary/aromatic N) is 1. The lowest BCUT2D eigenvalue weighted by atomic mass is 10.1. The highest BCUT2D eigenvalue weighted by Crippen LogP contribution is 2.24. The fourth-order valence-electron chi connectivity index (χ4n) is 2.76. The van der Waals surface area contributed by atoms with Crippen LogP contribution in [0.3, 0.4) is 0 Å². The van der Waals surface area contributed by atoms with Crippen LogP contribution in [0.4, 0.5) is 0 Å². The van der Waals surface area contributed by atoms with Crippen molar-refractivity contribution in [2.45, 2.75) is 0 Å². The molecule has 4 rings (SSSR count). The molecule has 0 unspecified atom stereocenters. The molecular weight excluding hydrogens is 326 g/mol. The summed E-state index contributed by atoms with van der Waals surface area (Å²) < 4.78 is 5.77. The molecule has 126 valence electrons. The van der Waals surface area contributed by atoms with Crippen LogP contribution in [0.2, 0.25) is 0 Å². The number of benzene rings is 3. The van der Waals surface area contributed by atoms with E-state index in [-0.39, 0.29) is 5.56 Å². The van der Waals surface area contributed by atoms with E-state index in [4.69, 9.17) is 4.42 Å². The average Bonchev–Trinajstić information content (AvgIpc) is 3.11. The van der Waals surface area contributed by atoms with Crippen LogP contribution < -0.4 is 0 Å². The first kappa shape index (κ1) is 15.8. The Morgan fingerprint density at radius 3 is 2.38 bits per heavy atom.